The summed E-state index contributed by atoms with van der Waals surface area (Å²) in [5, 5.41) is 2.79. The molecule has 0 saturated carbocycles. The van der Waals surface area contributed by atoms with Gasteiger partial charge in [-0.2, -0.15) is 0 Å². The van der Waals surface area contributed by atoms with E-state index in [1.165, 1.54) is 32.4 Å². The van der Waals surface area contributed by atoms with Crippen molar-refractivity contribution in [3.8, 4) is 5.75 Å². The molecule has 0 spiro atoms. The molecule has 0 aliphatic carbocycles. The zero-order valence-electron chi connectivity index (χ0n) is 17.2. The summed E-state index contributed by atoms with van der Waals surface area (Å²) >= 11 is 0. The van der Waals surface area contributed by atoms with Gasteiger partial charge in [0, 0.05) is 37.1 Å². The average molecular weight is 442 g/mol. The van der Waals surface area contributed by atoms with Crippen LogP contribution >= 0.6 is 0 Å². The zero-order valence-corrected chi connectivity index (χ0v) is 18.0. The lowest BCUT2D eigenvalue weighted by Crippen LogP contribution is -2.27. The molecule has 0 atom stereocenters. The second kappa shape index (κ2) is 10.2. The fourth-order valence-corrected chi connectivity index (χ4v) is 3.70. The highest BCUT2D eigenvalue weighted by Crippen LogP contribution is 2.17. The zero-order chi connectivity index (χ0) is 22.3. The number of hydroxylamine groups is 1. The third-order valence-electron chi connectivity index (χ3n) is 4.49. The van der Waals surface area contributed by atoms with Crippen LogP contribution in [0.3, 0.4) is 0 Å². The van der Waals surface area contributed by atoms with Crippen molar-refractivity contribution in [3.63, 3.8) is 0 Å². The molecule has 9 heteroatoms. The molecule has 2 aromatic carbocycles. The van der Waals surface area contributed by atoms with E-state index < -0.39 is 10.0 Å². The van der Waals surface area contributed by atoms with Crippen LogP contribution in [0.5, 0.6) is 5.75 Å². The van der Waals surface area contributed by atoms with E-state index in [2.05, 4.69) is 10.3 Å². The predicted molar refractivity (Wildman–Crippen MR) is 115 cm³/mol. The van der Waals surface area contributed by atoms with Crippen LogP contribution in [0.25, 0.3) is 0 Å². The van der Waals surface area contributed by atoms with E-state index in [0.717, 1.165) is 15.6 Å². The lowest BCUT2D eigenvalue weighted by atomic mass is 10.2. The lowest BCUT2D eigenvalue weighted by molar-refractivity contribution is -0.0258. The molecule has 8 nitrogen and oxygen atoms in total. The summed E-state index contributed by atoms with van der Waals surface area (Å²) in [7, 11) is -1.29. The van der Waals surface area contributed by atoms with Crippen molar-refractivity contribution >= 4 is 15.9 Å². The van der Waals surface area contributed by atoms with Crippen LogP contribution in [0.1, 0.15) is 21.5 Å². The molecule has 0 fully saturated rings. The Hall–Kier alpha value is -3.27. The number of rotatable bonds is 9. The number of nitrogens with one attached hydrogen (secondary N) is 1. The molecule has 3 rings (SSSR count). The molecule has 162 valence electrons. The van der Waals surface area contributed by atoms with Gasteiger partial charge in [0.1, 0.15) is 12.4 Å². The second-order valence-electron chi connectivity index (χ2n) is 6.60. The first-order valence-corrected chi connectivity index (χ1v) is 10.9. The minimum atomic E-state index is -3.83. The van der Waals surface area contributed by atoms with Crippen molar-refractivity contribution in [3.05, 3.63) is 89.7 Å². The number of carbonyl (C=O) groups excluding carboxylic acids is 1. The van der Waals surface area contributed by atoms with Crippen molar-refractivity contribution in [2.45, 2.75) is 18.0 Å². The summed E-state index contributed by atoms with van der Waals surface area (Å²) in [6, 6.07) is 16.9. The number of hydrogen-bond donors (Lipinski definition) is 1. The third kappa shape index (κ3) is 5.88. The monoisotopic (exact) mass is 441 g/mol. The highest BCUT2D eigenvalue weighted by atomic mass is 32.2. The van der Waals surface area contributed by atoms with Crippen LogP contribution < -0.4 is 10.1 Å². The van der Waals surface area contributed by atoms with Crippen molar-refractivity contribution in [1.82, 2.24) is 14.8 Å². The molecule has 1 heterocycles. The van der Waals surface area contributed by atoms with E-state index in [0.29, 0.717) is 12.4 Å². The summed E-state index contributed by atoms with van der Waals surface area (Å²) in [5.41, 5.74) is 2.09. The molecule has 0 aliphatic rings. The van der Waals surface area contributed by atoms with Gasteiger partial charge in [-0.05, 0) is 42.0 Å². The van der Waals surface area contributed by atoms with Gasteiger partial charge >= 0.3 is 0 Å². The Morgan fingerprint density at radius 3 is 2.52 bits per heavy atom. The van der Waals surface area contributed by atoms with Gasteiger partial charge < -0.3 is 10.1 Å². The molecule has 0 unspecified atom stereocenters. The fourth-order valence-electron chi connectivity index (χ4n) is 2.68. The van der Waals surface area contributed by atoms with Gasteiger partial charge in [0.25, 0.3) is 15.9 Å². The number of ether oxygens (including phenoxy) is 1. The van der Waals surface area contributed by atoms with Crippen LogP contribution in [0.2, 0.25) is 0 Å². The number of benzene rings is 2. The Morgan fingerprint density at radius 2 is 1.84 bits per heavy atom. The van der Waals surface area contributed by atoms with Gasteiger partial charge in [-0.15, -0.1) is 0 Å². The van der Waals surface area contributed by atoms with Crippen LogP contribution in [0.4, 0.5) is 0 Å². The van der Waals surface area contributed by atoms with E-state index in [9.17, 15) is 13.2 Å². The highest BCUT2D eigenvalue weighted by Gasteiger charge is 2.21. The Bertz CT molecular complexity index is 1120. The van der Waals surface area contributed by atoms with Crippen molar-refractivity contribution in [2.75, 3.05) is 14.2 Å². The number of aromatic nitrogens is 1. The minimum absolute atomic E-state index is 0.0281. The summed E-state index contributed by atoms with van der Waals surface area (Å²) in [6.07, 6.45) is 3.46. The molecule has 1 amide bonds. The molecule has 0 bridgehead atoms. The maximum atomic E-state index is 12.5. The number of hydrogen-bond acceptors (Lipinski definition) is 6. The van der Waals surface area contributed by atoms with Gasteiger partial charge in [0.05, 0.1) is 12.0 Å². The standard InChI is InChI=1S/C22H23N3O5S/c1-25(29-2)31(27,28)21-7-3-6-19(13-21)22(26)24-15-17-8-10-20(11-9-17)30-16-18-5-4-12-23-14-18/h3-14H,15-16H2,1-2H3,(H,24,26). The van der Waals surface area contributed by atoms with Crippen LogP contribution in [0.15, 0.2) is 78.0 Å². The fraction of sp³-hybridized carbons (Fsp3) is 0.182. The van der Waals surface area contributed by atoms with E-state index in [4.69, 9.17) is 9.57 Å². The van der Waals surface area contributed by atoms with Crippen molar-refractivity contribution < 1.29 is 22.8 Å². The van der Waals surface area contributed by atoms with E-state index in [1.54, 1.807) is 18.5 Å². The Labute approximate surface area is 181 Å². The smallest absolute Gasteiger partial charge is 0.264 e. The Morgan fingerprint density at radius 1 is 1.06 bits per heavy atom. The average Bonchev–Trinajstić information content (AvgIpc) is 2.82. The molecular weight excluding hydrogens is 418 g/mol. The molecule has 0 aliphatic heterocycles. The largest absolute Gasteiger partial charge is 0.489 e. The summed E-state index contributed by atoms with van der Waals surface area (Å²) in [5.74, 6) is 0.327. The van der Waals surface area contributed by atoms with E-state index in [-0.39, 0.29) is 22.9 Å². The van der Waals surface area contributed by atoms with Crippen molar-refractivity contribution in [2.24, 2.45) is 0 Å². The number of amides is 1. The number of carbonyl (C=O) groups is 1. The first-order valence-electron chi connectivity index (χ1n) is 9.42. The predicted octanol–water partition coefficient (Wildman–Crippen LogP) is 2.77. The molecular formula is C22H23N3O5S. The van der Waals surface area contributed by atoms with Crippen molar-refractivity contribution in [1.29, 1.82) is 0 Å². The third-order valence-corrected chi connectivity index (χ3v) is 6.17. The molecule has 0 radical (unpaired) electrons. The van der Waals surface area contributed by atoms with E-state index >= 15 is 0 Å². The van der Waals surface area contributed by atoms with Gasteiger partial charge in [-0.1, -0.05) is 28.7 Å². The quantitative estimate of drug-likeness (QED) is 0.513. The number of sulfonamides is 1. The highest BCUT2D eigenvalue weighted by molar-refractivity contribution is 7.89. The van der Waals surface area contributed by atoms with Crippen LogP contribution in [-0.4, -0.2) is 37.9 Å². The SMILES string of the molecule is CON(C)S(=O)(=O)c1cccc(C(=O)NCc2ccc(OCc3cccnc3)cc2)c1. The van der Waals surface area contributed by atoms with Gasteiger partial charge in [0.2, 0.25) is 0 Å². The van der Waals surface area contributed by atoms with Gasteiger partial charge in [-0.3, -0.25) is 14.6 Å². The minimum Gasteiger partial charge on any atom is -0.489 e. The van der Waals surface area contributed by atoms with Gasteiger partial charge in [-0.25, -0.2) is 8.42 Å². The Kier molecular flexibility index (Phi) is 7.35. The van der Waals surface area contributed by atoms with Crippen LogP contribution in [0, 0.1) is 0 Å². The normalized spacial score (nSPS) is 11.3. The first kappa shape index (κ1) is 22.4. The summed E-state index contributed by atoms with van der Waals surface area (Å²) < 4.78 is 31.1. The molecule has 31 heavy (non-hydrogen) atoms. The molecule has 1 N–H and O–H groups in total. The lowest BCUT2D eigenvalue weighted by Gasteiger charge is -2.14. The molecule has 0 saturated heterocycles. The summed E-state index contributed by atoms with van der Waals surface area (Å²) in [4.78, 5) is 21.3. The van der Waals surface area contributed by atoms with Crippen LogP contribution in [-0.2, 0) is 28.0 Å². The molecule has 3 aromatic rings. The van der Waals surface area contributed by atoms with E-state index in [1.807, 2.05) is 36.4 Å². The maximum absolute atomic E-state index is 12.5. The Balaban J connectivity index is 1.58. The second-order valence-corrected chi connectivity index (χ2v) is 8.54. The van der Waals surface area contributed by atoms with Gasteiger partial charge in [0.15, 0.2) is 0 Å². The maximum Gasteiger partial charge on any atom is 0.264 e. The first-order chi connectivity index (χ1) is 14.9. The topological polar surface area (TPSA) is 97.8 Å². The number of nitrogens with zero attached hydrogens (tertiary/aromatic N) is 2. The summed E-state index contributed by atoms with van der Waals surface area (Å²) in [6.45, 7) is 0.706. The number of pyridine rings is 1. The molecule has 1 aromatic heterocycles.